The number of benzene rings is 2. The lowest BCUT2D eigenvalue weighted by atomic mass is 10.1. The van der Waals surface area contributed by atoms with Crippen molar-refractivity contribution in [2.75, 3.05) is 12.0 Å². The fourth-order valence-electron chi connectivity index (χ4n) is 2.25. The third kappa shape index (κ3) is 2.73. The molecule has 0 saturated carbocycles. The second-order valence-corrected chi connectivity index (χ2v) is 7.01. The summed E-state index contributed by atoms with van der Waals surface area (Å²) in [6.07, 6.45) is 1.18. The molecule has 22 heavy (non-hydrogen) atoms. The summed E-state index contributed by atoms with van der Waals surface area (Å²) >= 11 is 0. The fourth-order valence-corrected chi connectivity index (χ4v) is 2.88. The first kappa shape index (κ1) is 14.3. The number of anilines is 1. The van der Waals surface area contributed by atoms with Gasteiger partial charge in [-0.2, -0.15) is 5.10 Å². The molecule has 3 rings (SSSR count). The Kier molecular flexibility index (Phi) is 3.46. The van der Waals surface area contributed by atoms with Crippen LogP contribution in [0.3, 0.4) is 0 Å². The van der Waals surface area contributed by atoms with Gasteiger partial charge in [0.1, 0.15) is 5.82 Å². The van der Waals surface area contributed by atoms with Crippen molar-refractivity contribution in [3.05, 3.63) is 60.7 Å². The van der Waals surface area contributed by atoms with Gasteiger partial charge in [0.15, 0.2) is 9.84 Å². The molecule has 0 saturated heterocycles. The molecule has 0 radical (unpaired) electrons. The minimum atomic E-state index is -3.21. The van der Waals surface area contributed by atoms with Crippen LogP contribution in [-0.2, 0) is 9.84 Å². The minimum Gasteiger partial charge on any atom is -0.382 e. The normalized spacial score (nSPS) is 11.5. The number of hydrogen-bond donors (Lipinski definition) is 1. The Bertz CT molecular complexity index is 898. The van der Waals surface area contributed by atoms with Crippen LogP contribution >= 0.6 is 0 Å². The number of nitrogens with two attached hydrogens (primary N) is 1. The molecule has 0 spiro atoms. The van der Waals surface area contributed by atoms with Crippen molar-refractivity contribution in [1.82, 2.24) is 9.78 Å². The van der Waals surface area contributed by atoms with Gasteiger partial charge in [-0.1, -0.05) is 30.3 Å². The number of aromatic nitrogens is 2. The topological polar surface area (TPSA) is 78.0 Å². The van der Waals surface area contributed by atoms with Gasteiger partial charge in [-0.05, 0) is 24.3 Å². The quantitative estimate of drug-likeness (QED) is 0.806. The lowest BCUT2D eigenvalue weighted by Crippen LogP contribution is -2.01. The highest BCUT2D eigenvalue weighted by atomic mass is 32.2. The maximum Gasteiger partial charge on any atom is 0.175 e. The van der Waals surface area contributed by atoms with E-state index in [1.807, 2.05) is 30.3 Å². The smallest absolute Gasteiger partial charge is 0.175 e. The third-order valence-corrected chi connectivity index (χ3v) is 4.44. The molecule has 0 atom stereocenters. The summed E-state index contributed by atoms with van der Waals surface area (Å²) < 4.78 is 24.8. The molecule has 2 aromatic carbocycles. The lowest BCUT2D eigenvalue weighted by molar-refractivity contribution is 0.602. The van der Waals surface area contributed by atoms with Gasteiger partial charge in [0.05, 0.1) is 16.3 Å². The van der Waals surface area contributed by atoms with Gasteiger partial charge >= 0.3 is 0 Å². The number of nitrogens with zero attached hydrogens (tertiary/aromatic N) is 2. The molecule has 0 unspecified atom stereocenters. The van der Waals surface area contributed by atoms with E-state index in [1.54, 1.807) is 35.0 Å². The van der Waals surface area contributed by atoms with Gasteiger partial charge in [-0.25, -0.2) is 13.1 Å². The average molecular weight is 313 g/mol. The van der Waals surface area contributed by atoms with E-state index in [0.717, 1.165) is 16.9 Å². The minimum absolute atomic E-state index is 0.276. The predicted molar refractivity (Wildman–Crippen MR) is 86.5 cm³/mol. The first-order valence-electron chi connectivity index (χ1n) is 6.66. The number of hydrogen-bond acceptors (Lipinski definition) is 4. The highest BCUT2D eigenvalue weighted by Gasteiger charge is 2.12. The second-order valence-electron chi connectivity index (χ2n) is 5.00. The zero-order chi connectivity index (χ0) is 15.7. The molecule has 1 aromatic heterocycles. The molecule has 1 heterocycles. The van der Waals surface area contributed by atoms with Crippen molar-refractivity contribution < 1.29 is 8.42 Å². The van der Waals surface area contributed by atoms with E-state index in [1.165, 1.54) is 6.26 Å². The summed E-state index contributed by atoms with van der Waals surface area (Å²) in [6, 6.07) is 18.1. The van der Waals surface area contributed by atoms with Crippen molar-refractivity contribution in [1.29, 1.82) is 0 Å². The van der Waals surface area contributed by atoms with Crippen molar-refractivity contribution in [3.8, 4) is 16.9 Å². The van der Waals surface area contributed by atoms with Crippen LogP contribution in [-0.4, -0.2) is 24.5 Å². The number of sulfone groups is 1. The van der Waals surface area contributed by atoms with Crippen molar-refractivity contribution in [2.24, 2.45) is 0 Å². The van der Waals surface area contributed by atoms with E-state index in [-0.39, 0.29) is 4.90 Å². The molecule has 0 aliphatic carbocycles. The van der Waals surface area contributed by atoms with Gasteiger partial charge < -0.3 is 5.73 Å². The molecular formula is C16H15N3O2S. The third-order valence-electron chi connectivity index (χ3n) is 3.31. The Labute approximate surface area is 128 Å². The Balaban J connectivity index is 2.10. The SMILES string of the molecule is CS(=O)(=O)c1ccc(-n2nc(N)cc2-c2ccccc2)cc1. The van der Waals surface area contributed by atoms with Crippen LogP contribution in [0.2, 0.25) is 0 Å². The standard InChI is InChI=1S/C16H15N3O2S/c1-22(20,21)14-9-7-13(8-10-14)19-15(11-16(17)18-19)12-5-3-2-4-6-12/h2-11H,1H3,(H2,17,18). The van der Waals surface area contributed by atoms with Gasteiger partial charge in [0, 0.05) is 17.9 Å². The van der Waals surface area contributed by atoms with E-state index in [2.05, 4.69) is 5.10 Å². The molecule has 0 fully saturated rings. The molecule has 5 nitrogen and oxygen atoms in total. The Hall–Kier alpha value is -2.60. The molecule has 112 valence electrons. The Morgan fingerprint density at radius 2 is 1.64 bits per heavy atom. The van der Waals surface area contributed by atoms with Crippen LogP contribution in [0.4, 0.5) is 5.82 Å². The van der Waals surface area contributed by atoms with Gasteiger partial charge in [0.25, 0.3) is 0 Å². The van der Waals surface area contributed by atoms with Crippen molar-refractivity contribution in [2.45, 2.75) is 4.90 Å². The fraction of sp³-hybridized carbons (Fsp3) is 0.0625. The monoisotopic (exact) mass is 313 g/mol. The Morgan fingerprint density at radius 1 is 1.00 bits per heavy atom. The van der Waals surface area contributed by atoms with Crippen LogP contribution in [0.15, 0.2) is 65.6 Å². The average Bonchev–Trinajstić information content (AvgIpc) is 2.89. The van der Waals surface area contributed by atoms with Crippen LogP contribution in [0.25, 0.3) is 16.9 Å². The number of nitrogen functional groups attached to an aromatic ring is 1. The maximum absolute atomic E-state index is 11.5. The number of rotatable bonds is 3. The molecule has 0 aliphatic rings. The maximum atomic E-state index is 11.5. The highest BCUT2D eigenvalue weighted by molar-refractivity contribution is 7.90. The van der Waals surface area contributed by atoms with E-state index < -0.39 is 9.84 Å². The molecule has 0 amide bonds. The van der Waals surface area contributed by atoms with Crippen LogP contribution < -0.4 is 5.73 Å². The largest absolute Gasteiger partial charge is 0.382 e. The summed E-state index contributed by atoms with van der Waals surface area (Å²) in [4.78, 5) is 0.276. The molecule has 0 aliphatic heterocycles. The van der Waals surface area contributed by atoms with Gasteiger partial charge in [0.2, 0.25) is 0 Å². The summed E-state index contributed by atoms with van der Waals surface area (Å²) in [6.45, 7) is 0. The van der Waals surface area contributed by atoms with Crippen LogP contribution in [0.1, 0.15) is 0 Å². The van der Waals surface area contributed by atoms with Crippen molar-refractivity contribution >= 4 is 15.7 Å². The van der Waals surface area contributed by atoms with E-state index in [9.17, 15) is 8.42 Å². The summed E-state index contributed by atoms with van der Waals surface area (Å²) in [5, 5.41) is 4.29. The zero-order valence-electron chi connectivity index (χ0n) is 12.0. The van der Waals surface area contributed by atoms with Crippen molar-refractivity contribution in [3.63, 3.8) is 0 Å². The first-order valence-corrected chi connectivity index (χ1v) is 8.56. The summed E-state index contributed by atoms with van der Waals surface area (Å²) in [5.41, 5.74) is 8.42. The molecular weight excluding hydrogens is 298 g/mol. The van der Waals surface area contributed by atoms with Crippen LogP contribution in [0.5, 0.6) is 0 Å². The molecule has 3 aromatic rings. The van der Waals surface area contributed by atoms with Crippen LogP contribution in [0, 0.1) is 0 Å². The molecule has 0 bridgehead atoms. The lowest BCUT2D eigenvalue weighted by Gasteiger charge is -2.08. The molecule has 6 heteroatoms. The highest BCUT2D eigenvalue weighted by Crippen LogP contribution is 2.25. The second kappa shape index (κ2) is 5.31. The molecule has 2 N–H and O–H groups in total. The zero-order valence-corrected chi connectivity index (χ0v) is 12.8. The van der Waals surface area contributed by atoms with E-state index in [4.69, 9.17) is 5.73 Å². The first-order chi connectivity index (χ1) is 10.4. The Morgan fingerprint density at radius 3 is 2.23 bits per heavy atom. The summed E-state index contributed by atoms with van der Waals surface area (Å²) in [5.74, 6) is 0.408. The summed E-state index contributed by atoms with van der Waals surface area (Å²) in [7, 11) is -3.21. The van der Waals surface area contributed by atoms with E-state index >= 15 is 0 Å². The van der Waals surface area contributed by atoms with Gasteiger partial charge in [-0.3, -0.25) is 0 Å². The van der Waals surface area contributed by atoms with E-state index in [0.29, 0.717) is 5.82 Å². The predicted octanol–water partition coefficient (Wildman–Crippen LogP) is 2.53. The van der Waals surface area contributed by atoms with Gasteiger partial charge in [-0.15, -0.1) is 0 Å².